The maximum absolute atomic E-state index is 11.0. The number of aliphatic carboxylic acids is 1. The second-order valence-corrected chi connectivity index (χ2v) is 6.42. The monoisotopic (exact) mass is 371 g/mol. The Balaban J connectivity index is 1.93. The summed E-state index contributed by atoms with van der Waals surface area (Å²) < 4.78 is 11.6. The van der Waals surface area contributed by atoms with E-state index in [1.807, 2.05) is 12.1 Å². The van der Waals surface area contributed by atoms with E-state index in [1.165, 1.54) is 0 Å². The molecule has 1 aromatic carbocycles. The molecule has 1 fully saturated rings. The van der Waals surface area contributed by atoms with Gasteiger partial charge in [0.05, 0.1) is 20.1 Å². The van der Waals surface area contributed by atoms with E-state index in [0.29, 0.717) is 24.1 Å². The highest BCUT2D eigenvalue weighted by Gasteiger charge is 2.25. The molecule has 5 nitrogen and oxygen atoms in total. The minimum atomic E-state index is -0.666. The molecule has 0 unspecified atom stereocenters. The van der Waals surface area contributed by atoms with Gasteiger partial charge < -0.3 is 19.9 Å². The normalized spacial score (nSPS) is 21.4. The maximum atomic E-state index is 11.0. The van der Waals surface area contributed by atoms with Gasteiger partial charge in [-0.1, -0.05) is 15.9 Å². The van der Waals surface area contributed by atoms with Crippen LogP contribution in [0.2, 0.25) is 0 Å². The van der Waals surface area contributed by atoms with Crippen LogP contribution in [0.15, 0.2) is 16.6 Å². The van der Waals surface area contributed by atoms with E-state index in [-0.39, 0.29) is 5.92 Å². The van der Waals surface area contributed by atoms with E-state index in [9.17, 15) is 4.79 Å². The first kappa shape index (κ1) is 17.1. The first-order valence-electron chi connectivity index (χ1n) is 7.41. The summed E-state index contributed by atoms with van der Waals surface area (Å²) in [5.74, 6) is 0.559. The molecular weight excluding hydrogens is 350 g/mol. The molecule has 2 rings (SSSR count). The van der Waals surface area contributed by atoms with Gasteiger partial charge in [-0.25, -0.2) is 0 Å². The third-order valence-corrected chi connectivity index (χ3v) is 4.95. The quantitative estimate of drug-likeness (QED) is 0.803. The Morgan fingerprint density at radius 3 is 2.36 bits per heavy atom. The molecule has 0 amide bonds. The minimum absolute atomic E-state index is 0.175. The van der Waals surface area contributed by atoms with Gasteiger partial charge in [-0.2, -0.15) is 0 Å². The van der Waals surface area contributed by atoms with Crippen molar-refractivity contribution in [2.45, 2.75) is 38.3 Å². The van der Waals surface area contributed by atoms with Crippen LogP contribution in [0.1, 0.15) is 31.2 Å². The van der Waals surface area contributed by atoms with Crippen molar-refractivity contribution in [3.63, 3.8) is 0 Å². The predicted octanol–water partition coefficient (Wildman–Crippen LogP) is 3.20. The van der Waals surface area contributed by atoms with Crippen molar-refractivity contribution in [3.05, 3.63) is 22.2 Å². The lowest BCUT2D eigenvalue weighted by Gasteiger charge is -2.27. The van der Waals surface area contributed by atoms with Gasteiger partial charge in [-0.05, 0) is 43.4 Å². The highest BCUT2D eigenvalue weighted by Crippen LogP contribution is 2.33. The van der Waals surface area contributed by atoms with E-state index in [1.54, 1.807) is 14.2 Å². The molecule has 1 aromatic rings. The SMILES string of the molecule is COc1cc(Br)c(CNC2CCC(C(=O)O)CC2)cc1OC. The molecule has 0 heterocycles. The van der Waals surface area contributed by atoms with E-state index in [2.05, 4.69) is 21.2 Å². The number of carboxylic acid groups (broad SMARTS) is 1. The second kappa shape index (κ2) is 7.83. The maximum Gasteiger partial charge on any atom is 0.306 e. The van der Waals surface area contributed by atoms with E-state index < -0.39 is 5.97 Å². The lowest BCUT2D eigenvalue weighted by atomic mass is 9.86. The number of ether oxygens (including phenoxy) is 2. The number of nitrogens with one attached hydrogen (secondary N) is 1. The molecule has 6 heteroatoms. The van der Waals surface area contributed by atoms with Gasteiger partial charge in [0, 0.05) is 17.1 Å². The molecule has 0 aliphatic heterocycles. The fourth-order valence-corrected chi connectivity index (χ4v) is 3.29. The molecule has 2 N–H and O–H groups in total. The standard InChI is InChI=1S/C16H22BrNO4/c1-21-14-7-11(13(17)8-15(14)22-2)9-18-12-5-3-10(4-6-12)16(19)20/h7-8,10,12,18H,3-6,9H2,1-2H3,(H,19,20). The van der Waals surface area contributed by atoms with Crippen molar-refractivity contribution in [3.8, 4) is 11.5 Å². The van der Waals surface area contributed by atoms with Gasteiger partial charge in [-0.3, -0.25) is 4.79 Å². The Hall–Kier alpha value is -1.27. The van der Waals surface area contributed by atoms with Crippen LogP contribution in [-0.2, 0) is 11.3 Å². The number of hydrogen-bond donors (Lipinski definition) is 2. The molecule has 0 spiro atoms. The molecule has 0 radical (unpaired) electrons. The number of rotatable bonds is 6. The fraction of sp³-hybridized carbons (Fsp3) is 0.562. The van der Waals surface area contributed by atoms with Gasteiger partial charge in [0.15, 0.2) is 11.5 Å². The number of halogens is 1. The van der Waals surface area contributed by atoms with Crippen molar-refractivity contribution in [2.75, 3.05) is 14.2 Å². The Labute approximate surface area is 139 Å². The number of carboxylic acids is 1. The first-order valence-corrected chi connectivity index (χ1v) is 8.21. The van der Waals surface area contributed by atoms with Crippen LogP contribution in [0.4, 0.5) is 0 Å². The number of carbonyl (C=O) groups is 1. The molecular formula is C16H22BrNO4. The van der Waals surface area contributed by atoms with Crippen LogP contribution in [0.3, 0.4) is 0 Å². The minimum Gasteiger partial charge on any atom is -0.493 e. The lowest BCUT2D eigenvalue weighted by Crippen LogP contribution is -2.34. The first-order chi connectivity index (χ1) is 10.5. The third-order valence-electron chi connectivity index (χ3n) is 4.21. The average molecular weight is 372 g/mol. The second-order valence-electron chi connectivity index (χ2n) is 5.57. The summed E-state index contributed by atoms with van der Waals surface area (Å²) >= 11 is 3.55. The summed E-state index contributed by atoms with van der Waals surface area (Å²) in [5, 5.41) is 12.5. The van der Waals surface area contributed by atoms with Crippen LogP contribution in [-0.4, -0.2) is 31.3 Å². The molecule has 0 saturated heterocycles. The van der Waals surface area contributed by atoms with Crippen LogP contribution in [0, 0.1) is 5.92 Å². The summed E-state index contributed by atoms with van der Waals surface area (Å²) in [6, 6.07) is 4.23. The van der Waals surface area contributed by atoms with Crippen molar-refractivity contribution in [1.29, 1.82) is 0 Å². The molecule has 0 atom stereocenters. The summed E-state index contributed by atoms with van der Waals surface area (Å²) in [5.41, 5.74) is 1.10. The Morgan fingerprint density at radius 2 is 1.82 bits per heavy atom. The van der Waals surface area contributed by atoms with E-state index in [0.717, 1.165) is 35.7 Å². The molecule has 122 valence electrons. The van der Waals surface area contributed by atoms with Gasteiger partial charge >= 0.3 is 5.97 Å². The summed E-state index contributed by atoms with van der Waals surface area (Å²) in [7, 11) is 3.24. The van der Waals surface area contributed by atoms with E-state index in [4.69, 9.17) is 14.6 Å². The lowest BCUT2D eigenvalue weighted by molar-refractivity contribution is -0.142. The van der Waals surface area contributed by atoms with Crippen molar-refractivity contribution >= 4 is 21.9 Å². The zero-order chi connectivity index (χ0) is 16.1. The molecule has 1 aliphatic rings. The average Bonchev–Trinajstić information content (AvgIpc) is 2.53. The number of hydrogen-bond acceptors (Lipinski definition) is 4. The fourth-order valence-electron chi connectivity index (χ4n) is 2.83. The zero-order valence-electron chi connectivity index (χ0n) is 12.9. The highest BCUT2D eigenvalue weighted by molar-refractivity contribution is 9.10. The zero-order valence-corrected chi connectivity index (χ0v) is 14.5. The summed E-state index contributed by atoms with van der Waals surface area (Å²) in [6.45, 7) is 0.712. The van der Waals surface area contributed by atoms with Crippen molar-refractivity contribution in [1.82, 2.24) is 5.32 Å². The number of benzene rings is 1. The van der Waals surface area contributed by atoms with Crippen LogP contribution >= 0.6 is 15.9 Å². The topological polar surface area (TPSA) is 67.8 Å². The molecule has 0 aromatic heterocycles. The summed E-state index contributed by atoms with van der Waals surface area (Å²) in [6.07, 6.45) is 3.31. The van der Waals surface area contributed by atoms with Gasteiger partial charge in [0.1, 0.15) is 0 Å². The predicted molar refractivity (Wildman–Crippen MR) is 87.5 cm³/mol. The Bertz CT molecular complexity index is 527. The third kappa shape index (κ3) is 4.14. The molecule has 1 aliphatic carbocycles. The highest BCUT2D eigenvalue weighted by atomic mass is 79.9. The molecule has 0 bridgehead atoms. The Kier molecular flexibility index (Phi) is 6.08. The number of methoxy groups -OCH3 is 2. The molecule has 1 saturated carbocycles. The largest absolute Gasteiger partial charge is 0.493 e. The van der Waals surface area contributed by atoms with E-state index >= 15 is 0 Å². The van der Waals surface area contributed by atoms with Crippen LogP contribution in [0.25, 0.3) is 0 Å². The van der Waals surface area contributed by atoms with Gasteiger partial charge in [0.25, 0.3) is 0 Å². The smallest absolute Gasteiger partial charge is 0.306 e. The van der Waals surface area contributed by atoms with Crippen LogP contribution in [0.5, 0.6) is 11.5 Å². The van der Waals surface area contributed by atoms with Crippen LogP contribution < -0.4 is 14.8 Å². The van der Waals surface area contributed by atoms with Crippen molar-refractivity contribution < 1.29 is 19.4 Å². The van der Waals surface area contributed by atoms with Crippen molar-refractivity contribution in [2.24, 2.45) is 5.92 Å². The summed E-state index contributed by atoms with van der Waals surface area (Å²) in [4.78, 5) is 11.0. The molecule has 22 heavy (non-hydrogen) atoms. The van der Waals surface area contributed by atoms with Gasteiger partial charge in [-0.15, -0.1) is 0 Å². The van der Waals surface area contributed by atoms with Gasteiger partial charge in [0.2, 0.25) is 0 Å². The Morgan fingerprint density at radius 1 is 1.23 bits per heavy atom.